The summed E-state index contributed by atoms with van der Waals surface area (Å²) in [4.78, 5) is 53.9. The van der Waals surface area contributed by atoms with Gasteiger partial charge in [-0.3, -0.25) is 14.4 Å². The molecular weight excluding hydrogens is 420 g/mol. The van der Waals surface area contributed by atoms with Crippen molar-refractivity contribution in [3.63, 3.8) is 0 Å². The Bertz CT molecular complexity index is 1100. The number of amides is 5. The van der Waals surface area contributed by atoms with Crippen molar-refractivity contribution in [1.82, 2.24) is 15.5 Å². The largest absolute Gasteiger partial charge is 0.357 e. The van der Waals surface area contributed by atoms with Crippen LogP contribution in [0.25, 0.3) is 0 Å². The molecule has 8 heteroatoms. The highest BCUT2D eigenvalue weighted by molar-refractivity contribution is 6.22. The molecule has 0 aliphatic carbocycles. The average Bonchev–Trinajstić information content (AvgIpc) is 3.10. The van der Waals surface area contributed by atoms with Gasteiger partial charge in [-0.1, -0.05) is 50.2 Å². The van der Waals surface area contributed by atoms with Crippen LogP contribution in [-0.4, -0.2) is 47.8 Å². The second-order valence-electron chi connectivity index (χ2n) is 8.75. The zero-order chi connectivity index (χ0) is 23.7. The van der Waals surface area contributed by atoms with E-state index in [0.29, 0.717) is 18.0 Å². The maximum Gasteiger partial charge on any atom is 0.329 e. The van der Waals surface area contributed by atoms with Crippen molar-refractivity contribution in [3.8, 4) is 0 Å². The maximum absolute atomic E-state index is 13.2. The first-order valence-corrected chi connectivity index (χ1v) is 11.1. The monoisotopic (exact) mass is 448 g/mol. The first kappa shape index (κ1) is 22.5. The van der Waals surface area contributed by atoms with Gasteiger partial charge in [0.05, 0.1) is 12.1 Å². The third-order valence-corrected chi connectivity index (χ3v) is 6.33. The summed E-state index contributed by atoms with van der Waals surface area (Å²) in [6, 6.07) is 12.7. The van der Waals surface area contributed by atoms with Crippen LogP contribution in [0.1, 0.15) is 42.9 Å². The van der Waals surface area contributed by atoms with Crippen LogP contribution in [0.15, 0.2) is 48.5 Å². The molecule has 2 aromatic carbocycles. The minimum Gasteiger partial charge on any atom is -0.357 e. The SMILES string of the molecule is CNC(=O)C1Cc2ccccc2CN1C(=O)CC1NC(=O)N(c2ccc(C(C)C)cc2)C1=O. The summed E-state index contributed by atoms with van der Waals surface area (Å²) in [5.41, 5.74) is 3.56. The number of hydrogen-bond donors (Lipinski definition) is 2. The zero-order valence-electron chi connectivity index (χ0n) is 19.0. The van der Waals surface area contributed by atoms with Crippen molar-refractivity contribution in [2.45, 2.75) is 51.2 Å². The quantitative estimate of drug-likeness (QED) is 0.686. The molecule has 2 aliphatic heterocycles. The predicted octanol–water partition coefficient (Wildman–Crippen LogP) is 2.32. The van der Waals surface area contributed by atoms with Crippen LogP contribution in [-0.2, 0) is 27.3 Å². The number of benzene rings is 2. The lowest BCUT2D eigenvalue weighted by atomic mass is 9.93. The van der Waals surface area contributed by atoms with Gasteiger partial charge in [0.1, 0.15) is 12.1 Å². The molecule has 0 spiro atoms. The van der Waals surface area contributed by atoms with Crippen LogP contribution < -0.4 is 15.5 Å². The van der Waals surface area contributed by atoms with Gasteiger partial charge in [0, 0.05) is 20.0 Å². The Morgan fingerprint density at radius 2 is 1.73 bits per heavy atom. The van der Waals surface area contributed by atoms with E-state index in [1.54, 1.807) is 12.1 Å². The molecule has 2 atom stereocenters. The summed E-state index contributed by atoms with van der Waals surface area (Å²) < 4.78 is 0. The number of carbonyl (C=O) groups excluding carboxylic acids is 4. The number of anilines is 1. The van der Waals surface area contributed by atoms with E-state index in [4.69, 9.17) is 0 Å². The maximum atomic E-state index is 13.2. The molecule has 0 saturated carbocycles. The molecule has 1 fully saturated rings. The molecule has 0 bridgehead atoms. The van der Waals surface area contributed by atoms with Crippen molar-refractivity contribution in [3.05, 3.63) is 65.2 Å². The molecule has 1 saturated heterocycles. The van der Waals surface area contributed by atoms with E-state index >= 15 is 0 Å². The Balaban J connectivity index is 1.51. The molecule has 5 amide bonds. The highest BCUT2D eigenvalue weighted by Gasteiger charge is 2.42. The average molecular weight is 449 g/mol. The third kappa shape index (κ3) is 4.33. The van der Waals surface area contributed by atoms with Crippen molar-refractivity contribution < 1.29 is 19.2 Å². The fourth-order valence-electron chi connectivity index (χ4n) is 4.40. The number of imide groups is 1. The highest BCUT2D eigenvalue weighted by atomic mass is 16.2. The summed E-state index contributed by atoms with van der Waals surface area (Å²) in [5.74, 6) is -0.754. The minimum atomic E-state index is -0.975. The van der Waals surface area contributed by atoms with E-state index in [1.165, 1.54) is 11.9 Å². The first-order valence-electron chi connectivity index (χ1n) is 11.1. The summed E-state index contributed by atoms with van der Waals surface area (Å²) in [5, 5.41) is 5.25. The first-order chi connectivity index (χ1) is 15.8. The van der Waals surface area contributed by atoms with E-state index in [2.05, 4.69) is 24.5 Å². The Labute approximate surface area is 192 Å². The zero-order valence-corrected chi connectivity index (χ0v) is 19.0. The molecule has 2 aliphatic rings. The Morgan fingerprint density at radius 3 is 2.36 bits per heavy atom. The van der Waals surface area contributed by atoms with E-state index in [-0.39, 0.29) is 24.8 Å². The van der Waals surface area contributed by atoms with Gasteiger partial charge in [-0.05, 0) is 34.7 Å². The van der Waals surface area contributed by atoms with E-state index in [1.807, 2.05) is 36.4 Å². The topological polar surface area (TPSA) is 98.8 Å². The Hall–Kier alpha value is -3.68. The van der Waals surface area contributed by atoms with Crippen LogP contribution in [0.4, 0.5) is 10.5 Å². The summed E-state index contributed by atoms with van der Waals surface area (Å²) in [6.45, 7) is 4.41. The fourth-order valence-corrected chi connectivity index (χ4v) is 4.40. The number of likely N-dealkylation sites (N-methyl/N-ethyl adjacent to an activating group) is 1. The van der Waals surface area contributed by atoms with Gasteiger partial charge in [-0.15, -0.1) is 0 Å². The van der Waals surface area contributed by atoms with Gasteiger partial charge in [0.25, 0.3) is 5.91 Å². The third-order valence-electron chi connectivity index (χ3n) is 6.33. The van der Waals surface area contributed by atoms with Crippen molar-refractivity contribution >= 4 is 29.4 Å². The molecule has 4 rings (SSSR count). The molecule has 2 unspecified atom stereocenters. The van der Waals surface area contributed by atoms with Crippen LogP contribution in [0.5, 0.6) is 0 Å². The number of rotatable bonds is 5. The number of carbonyl (C=O) groups is 4. The van der Waals surface area contributed by atoms with Gasteiger partial charge >= 0.3 is 6.03 Å². The molecule has 2 aromatic rings. The molecule has 2 N–H and O–H groups in total. The normalized spacial score (nSPS) is 20.0. The highest BCUT2D eigenvalue weighted by Crippen LogP contribution is 2.27. The molecular formula is C25H28N4O4. The predicted molar refractivity (Wildman–Crippen MR) is 124 cm³/mol. The van der Waals surface area contributed by atoms with Gasteiger partial charge in [0.2, 0.25) is 11.8 Å². The van der Waals surface area contributed by atoms with Crippen molar-refractivity contribution in [2.24, 2.45) is 0 Å². The fraction of sp³-hybridized carbons (Fsp3) is 0.360. The molecule has 33 heavy (non-hydrogen) atoms. The second kappa shape index (κ2) is 9.05. The van der Waals surface area contributed by atoms with Gasteiger partial charge in [0.15, 0.2) is 0 Å². The van der Waals surface area contributed by atoms with Gasteiger partial charge < -0.3 is 15.5 Å². The van der Waals surface area contributed by atoms with Crippen LogP contribution in [0.2, 0.25) is 0 Å². The summed E-state index contributed by atoms with van der Waals surface area (Å²) in [6.07, 6.45) is 0.196. The molecule has 0 radical (unpaired) electrons. The Kier molecular flexibility index (Phi) is 6.18. The molecule has 2 heterocycles. The summed E-state index contributed by atoms with van der Waals surface area (Å²) >= 11 is 0. The van der Waals surface area contributed by atoms with E-state index < -0.39 is 24.0 Å². The summed E-state index contributed by atoms with van der Waals surface area (Å²) in [7, 11) is 1.54. The minimum absolute atomic E-state index is 0.208. The lowest BCUT2D eigenvalue weighted by Gasteiger charge is -2.36. The van der Waals surface area contributed by atoms with E-state index in [0.717, 1.165) is 21.6 Å². The number of urea groups is 1. The second-order valence-corrected chi connectivity index (χ2v) is 8.75. The Morgan fingerprint density at radius 1 is 1.06 bits per heavy atom. The molecule has 8 nitrogen and oxygen atoms in total. The number of nitrogens with zero attached hydrogens (tertiary/aromatic N) is 2. The molecule has 172 valence electrons. The van der Waals surface area contributed by atoms with Crippen LogP contribution in [0, 0.1) is 0 Å². The van der Waals surface area contributed by atoms with Crippen molar-refractivity contribution in [2.75, 3.05) is 11.9 Å². The number of nitrogens with one attached hydrogen (secondary N) is 2. The lowest BCUT2D eigenvalue weighted by molar-refractivity contribution is -0.142. The van der Waals surface area contributed by atoms with Crippen molar-refractivity contribution in [1.29, 1.82) is 0 Å². The van der Waals surface area contributed by atoms with Gasteiger partial charge in [-0.2, -0.15) is 0 Å². The van der Waals surface area contributed by atoms with E-state index in [9.17, 15) is 19.2 Å². The smallest absolute Gasteiger partial charge is 0.329 e. The van der Waals surface area contributed by atoms with Crippen LogP contribution >= 0.6 is 0 Å². The molecule has 0 aromatic heterocycles. The lowest BCUT2D eigenvalue weighted by Crippen LogP contribution is -2.53. The van der Waals surface area contributed by atoms with Gasteiger partial charge in [-0.25, -0.2) is 9.69 Å². The number of hydrogen-bond acceptors (Lipinski definition) is 4. The number of fused-ring (bicyclic) bond motifs is 1. The van der Waals surface area contributed by atoms with Crippen LogP contribution in [0.3, 0.4) is 0 Å². The standard InChI is InChI=1S/C25H28N4O4/c1-15(2)16-8-10-19(11-9-16)29-24(32)20(27-25(29)33)13-22(30)28-14-18-7-5-4-6-17(18)12-21(28)23(31)26-3/h4-11,15,20-21H,12-14H2,1-3H3,(H,26,31)(H,27,33).